The molecule has 8 heteroatoms. The number of para-hydroxylation sites is 1. The molecule has 1 aromatic heterocycles. The number of halogens is 1. The van der Waals surface area contributed by atoms with Crippen LogP contribution in [-0.2, 0) is 0 Å². The minimum Gasteiger partial charge on any atom is -0.494 e. The van der Waals surface area contributed by atoms with Crippen molar-refractivity contribution in [3.63, 3.8) is 0 Å². The van der Waals surface area contributed by atoms with E-state index in [-0.39, 0.29) is 16.9 Å². The van der Waals surface area contributed by atoms with Crippen LogP contribution in [0.3, 0.4) is 0 Å². The fourth-order valence-corrected chi connectivity index (χ4v) is 5.22. The lowest BCUT2D eigenvalue weighted by Crippen LogP contribution is -2.21. The van der Waals surface area contributed by atoms with Crippen LogP contribution in [0.1, 0.15) is 64.2 Å². The maximum Gasteiger partial charge on any atom is 0.282 e. The number of methoxy groups -OCH3 is 1. The first kappa shape index (κ1) is 30.6. The van der Waals surface area contributed by atoms with Gasteiger partial charge in [-0.2, -0.15) is 9.78 Å². The molecule has 0 aliphatic rings. The van der Waals surface area contributed by atoms with Crippen molar-refractivity contribution in [2.24, 2.45) is 10.5 Å². The molecule has 0 saturated heterocycles. The summed E-state index contributed by atoms with van der Waals surface area (Å²) < 4.78 is 20.0. The molecule has 1 heterocycles. The minimum absolute atomic E-state index is 0.00328. The largest absolute Gasteiger partial charge is 0.494 e. The van der Waals surface area contributed by atoms with E-state index in [2.05, 4.69) is 63.3 Å². The van der Waals surface area contributed by atoms with Gasteiger partial charge >= 0.3 is 0 Å². The van der Waals surface area contributed by atoms with Crippen LogP contribution in [-0.4, -0.2) is 36.2 Å². The van der Waals surface area contributed by atoms with Crippen molar-refractivity contribution in [1.29, 1.82) is 0 Å². The van der Waals surface area contributed by atoms with Gasteiger partial charge in [0.05, 0.1) is 41.0 Å². The summed E-state index contributed by atoms with van der Waals surface area (Å²) in [7, 11) is 1.62. The monoisotopic (exact) mass is 667 g/mol. The van der Waals surface area contributed by atoms with Crippen LogP contribution >= 0.6 is 22.6 Å². The summed E-state index contributed by atoms with van der Waals surface area (Å²) in [5.41, 5.74) is 3.98. The minimum atomic E-state index is -0.243. The van der Waals surface area contributed by atoms with E-state index in [1.165, 1.54) is 4.68 Å². The molecule has 4 aromatic rings. The molecular weight excluding hydrogens is 629 g/mol. The van der Waals surface area contributed by atoms with Crippen molar-refractivity contribution in [3.05, 3.63) is 79.1 Å². The predicted molar refractivity (Wildman–Crippen MR) is 175 cm³/mol. The molecule has 41 heavy (non-hydrogen) atoms. The molecule has 0 N–H and O–H groups in total. The highest BCUT2D eigenvalue weighted by molar-refractivity contribution is 14.1. The molecule has 0 unspecified atom stereocenters. The third-order valence-corrected chi connectivity index (χ3v) is 7.30. The van der Waals surface area contributed by atoms with Gasteiger partial charge in [-0.1, -0.05) is 46.8 Å². The lowest BCUT2D eigenvalue weighted by Gasteiger charge is -2.21. The number of benzene rings is 3. The Labute approximate surface area is 255 Å². The van der Waals surface area contributed by atoms with Gasteiger partial charge in [0.25, 0.3) is 5.56 Å². The Kier molecular flexibility index (Phi) is 9.41. The lowest BCUT2D eigenvalue weighted by atomic mass is 9.96. The number of rotatable bonds is 9. The summed E-state index contributed by atoms with van der Waals surface area (Å²) in [5.74, 6) is 2.83. The predicted octanol–water partition coefficient (Wildman–Crippen LogP) is 7.81. The van der Waals surface area contributed by atoms with E-state index in [0.717, 1.165) is 31.6 Å². The number of aromatic nitrogens is 2. The van der Waals surface area contributed by atoms with Gasteiger partial charge < -0.3 is 14.2 Å². The van der Waals surface area contributed by atoms with Crippen molar-refractivity contribution < 1.29 is 14.2 Å². The van der Waals surface area contributed by atoms with Crippen LogP contribution in [0.25, 0.3) is 22.3 Å². The van der Waals surface area contributed by atoms with Crippen molar-refractivity contribution >= 4 is 39.7 Å². The zero-order valence-corrected chi connectivity index (χ0v) is 27.2. The Morgan fingerprint density at radius 1 is 1.07 bits per heavy atom. The number of nitrogens with zero attached hydrogens (tertiary/aromatic N) is 3. The van der Waals surface area contributed by atoms with Gasteiger partial charge in [-0.05, 0) is 101 Å². The van der Waals surface area contributed by atoms with Crippen LogP contribution in [0.15, 0.2) is 58.4 Å². The second kappa shape index (κ2) is 12.6. The second-order valence-electron chi connectivity index (χ2n) is 11.5. The molecule has 0 spiro atoms. The highest BCUT2D eigenvalue weighted by Crippen LogP contribution is 2.36. The molecule has 7 nitrogen and oxygen atoms in total. The molecule has 0 aliphatic heterocycles. The molecule has 3 aromatic carbocycles. The van der Waals surface area contributed by atoms with E-state index in [1.807, 2.05) is 50.2 Å². The van der Waals surface area contributed by atoms with Gasteiger partial charge in [0.1, 0.15) is 5.75 Å². The topological polar surface area (TPSA) is 74.9 Å². The molecular formula is C33H38IN3O4. The Balaban J connectivity index is 1.88. The molecule has 0 saturated carbocycles. The first-order chi connectivity index (χ1) is 19.4. The molecule has 0 aliphatic carbocycles. The third kappa shape index (κ3) is 6.92. The SMILES string of the molecule is CCOc1cc(C)c(-c2nc3ccccc3c(=O)n2N=Cc2cc(I)c(OCC(C)(C)C)c(OC)c2)cc1C(C)C. The molecule has 0 fully saturated rings. The zero-order chi connectivity index (χ0) is 29.9. The smallest absolute Gasteiger partial charge is 0.282 e. The zero-order valence-electron chi connectivity index (χ0n) is 25.0. The molecule has 0 amide bonds. The van der Waals surface area contributed by atoms with Crippen LogP contribution in [0.5, 0.6) is 17.2 Å². The van der Waals surface area contributed by atoms with Crippen molar-refractivity contribution in [1.82, 2.24) is 9.66 Å². The molecule has 216 valence electrons. The van der Waals surface area contributed by atoms with E-state index in [4.69, 9.17) is 24.3 Å². The van der Waals surface area contributed by atoms with Gasteiger partial charge in [-0.15, -0.1) is 0 Å². The van der Waals surface area contributed by atoms with Crippen LogP contribution in [0.4, 0.5) is 0 Å². The number of fused-ring (bicyclic) bond motifs is 1. The van der Waals surface area contributed by atoms with Gasteiger partial charge in [0.2, 0.25) is 0 Å². The standard InChI is InChI=1S/C33H38IN3O4/c1-9-40-28-14-21(4)25(17-24(28)20(2)3)31-36-27-13-11-10-12-23(27)32(38)37(31)35-18-22-15-26(34)30(29(16-22)39-8)41-19-33(5,6)7/h10-18,20H,9,19H2,1-8H3. The Bertz CT molecular complexity index is 1650. The van der Waals surface area contributed by atoms with Crippen molar-refractivity contribution in [2.75, 3.05) is 20.3 Å². The summed E-state index contributed by atoms with van der Waals surface area (Å²) >= 11 is 2.24. The summed E-state index contributed by atoms with van der Waals surface area (Å²) in [5, 5.41) is 5.19. The maximum absolute atomic E-state index is 13.8. The van der Waals surface area contributed by atoms with E-state index < -0.39 is 0 Å². The van der Waals surface area contributed by atoms with Gasteiger partial charge in [-0.25, -0.2) is 4.98 Å². The number of hydrogen-bond donors (Lipinski definition) is 0. The van der Waals surface area contributed by atoms with Crippen LogP contribution < -0.4 is 19.8 Å². The number of aryl methyl sites for hydroxylation is 1. The molecule has 0 bridgehead atoms. The molecule has 0 atom stereocenters. The maximum atomic E-state index is 13.8. The van der Waals surface area contributed by atoms with E-state index in [1.54, 1.807) is 19.4 Å². The van der Waals surface area contributed by atoms with Crippen molar-refractivity contribution in [3.8, 4) is 28.6 Å². The number of ether oxygens (including phenoxy) is 3. The van der Waals surface area contributed by atoms with Crippen molar-refractivity contribution in [2.45, 2.75) is 54.4 Å². The van der Waals surface area contributed by atoms with E-state index in [0.29, 0.717) is 41.4 Å². The average Bonchev–Trinajstić information content (AvgIpc) is 2.91. The normalized spacial score (nSPS) is 12.0. The highest BCUT2D eigenvalue weighted by atomic mass is 127. The average molecular weight is 668 g/mol. The van der Waals surface area contributed by atoms with Gasteiger partial charge in [0, 0.05) is 5.56 Å². The fourth-order valence-electron chi connectivity index (χ4n) is 4.44. The first-order valence-electron chi connectivity index (χ1n) is 13.8. The highest BCUT2D eigenvalue weighted by Gasteiger charge is 2.19. The van der Waals surface area contributed by atoms with E-state index >= 15 is 0 Å². The Morgan fingerprint density at radius 2 is 1.80 bits per heavy atom. The van der Waals surface area contributed by atoms with Gasteiger partial charge in [0.15, 0.2) is 17.3 Å². The Morgan fingerprint density at radius 3 is 2.46 bits per heavy atom. The Hall–Kier alpha value is -3.40. The summed E-state index contributed by atoms with van der Waals surface area (Å²) in [6, 6.07) is 15.3. The second-order valence-corrected chi connectivity index (χ2v) is 12.7. The summed E-state index contributed by atoms with van der Waals surface area (Å²) in [6.07, 6.45) is 1.66. The summed E-state index contributed by atoms with van der Waals surface area (Å²) in [6.45, 7) is 15.7. The third-order valence-electron chi connectivity index (χ3n) is 6.50. The van der Waals surface area contributed by atoms with E-state index in [9.17, 15) is 4.79 Å². The molecule has 0 radical (unpaired) electrons. The number of hydrogen-bond acceptors (Lipinski definition) is 6. The quantitative estimate of drug-likeness (QED) is 0.135. The van der Waals surface area contributed by atoms with Crippen LogP contribution in [0.2, 0.25) is 0 Å². The fraction of sp³-hybridized carbons (Fsp3) is 0.364. The van der Waals surface area contributed by atoms with Gasteiger partial charge in [-0.3, -0.25) is 4.79 Å². The molecule has 4 rings (SSSR count). The summed E-state index contributed by atoms with van der Waals surface area (Å²) in [4.78, 5) is 18.7. The lowest BCUT2D eigenvalue weighted by molar-refractivity contribution is 0.190. The first-order valence-corrected chi connectivity index (χ1v) is 14.9. The van der Waals surface area contributed by atoms with Crippen LogP contribution in [0, 0.1) is 15.9 Å².